The Morgan fingerprint density at radius 2 is 1.67 bits per heavy atom. The Morgan fingerprint density at radius 3 is 2.29 bits per heavy atom. The summed E-state index contributed by atoms with van der Waals surface area (Å²) in [6, 6.07) is 13.2. The van der Waals surface area contributed by atoms with E-state index in [1.807, 2.05) is 31.2 Å². The second-order valence-electron chi connectivity index (χ2n) is 4.73. The van der Waals surface area contributed by atoms with Gasteiger partial charge in [-0.2, -0.15) is 0 Å². The molecule has 0 aliphatic heterocycles. The number of anilines is 1. The van der Waals surface area contributed by atoms with Gasteiger partial charge in [0.15, 0.2) is 0 Å². The Kier molecular flexibility index (Phi) is 5.62. The van der Waals surface area contributed by atoms with Gasteiger partial charge >= 0.3 is 0 Å². The van der Waals surface area contributed by atoms with E-state index in [1.165, 1.54) is 5.56 Å². The molecule has 3 nitrogen and oxygen atoms in total. The van der Waals surface area contributed by atoms with Crippen molar-refractivity contribution in [3.8, 4) is 0 Å². The molecule has 0 saturated heterocycles. The van der Waals surface area contributed by atoms with Gasteiger partial charge in [0.25, 0.3) is 0 Å². The lowest BCUT2D eigenvalue weighted by Crippen LogP contribution is -2.27. The van der Waals surface area contributed by atoms with Crippen molar-refractivity contribution in [3.63, 3.8) is 0 Å². The van der Waals surface area contributed by atoms with Gasteiger partial charge in [0.1, 0.15) is 0 Å². The molecule has 2 aromatic carbocycles. The zero-order valence-corrected chi connectivity index (χ0v) is 13.1. The molecule has 0 saturated carbocycles. The predicted octanol–water partition coefficient (Wildman–Crippen LogP) is 4.03. The highest BCUT2D eigenvalue weighted by Gasteiger charge is 2.09. The number of carbonyl (C=O) groups excluding carboxylic acids is 1. The molecule has 2 aromatic rings. The molecular formula is C16H16Cl2N2O. The van der Waals surface area contributed by atoms with Crippen LogP contribution in [0.25, 0.3) is 0 Å². The van der Waals surface area contributed by atoms with Gasteiger partial charge in [-0.25, -0.2) is 0 Å². The lowest BCUT2D eigenvalue weighted by molar-refractivity contribution is -0.115. The van der Waals surface area contributed by atoms with Crippen LogP contribution in [0.5, 0.6) is 0 Å². The van der Waals surface area contributed by atoms with E-state index in [-0.39, 0.29) is 12.5 Å². The molecule has 0 bridgehead atoms. The van der Waals surface area contributed by atoms with Crippen LogP contribution in [-0.4, -0.2) is 12.5 Å². The molecule has 0 atom stereocenters. The Labute approximate surface area is 134 Å². The number of halogens is 2. The van der Waals surface area contributed by atoms with Crippen molar-refractivity contribution in [3.05, 3.63) is 63.6 Å². The Morgan fingerprint density at radius 1 is 1.05 bits per heavy atom. The standard InChI is InChI=1S/C16H16Cl2N2O/c1-11-5-7-12(8-6-11)9-19-10-15(21)20-16-13(17)3-2-4-14(16)18/h2-8,19H,9-10H2,1H3,(H,20,21). The summed E-state index contributed by atoms with van der Waals surface area (Å²) in [7, 11) is 0. The van der Waals surface area contributed by atoms with E-state index in [9.17, 15) is 4.79 Å². The van der Waals surface area contributed by atoms with Gasteiger partial charge in [0.05, 0.1) is 22.3 Å². The van der Waals surface area contributed by atoms with Gasteiger partial charge in [0, 0.05) is 6.54 Å². The smallest absolute Gasteiger partial charge is 0.238 e. The number of benzene rings is 2. The summed E-state index contributed by atoms with van der Waals surface area (Å²) >= 11 is 12.0. The van der Waals surface area contributed by atoms with Crippen molar-refractivity contribution < 1.29 is 4.79 Å². The molecule has 5 heteroatoms. The van der Waals surface area contributed by atoms with Crippen molar-refractivity contribution in [2.45, 2.75) is 13.5 Å². The normalized spacial score (nSPS) is 10.4. The topological polar surface area (TPSA) is 41.1 Å². The van der Waals surface area contributed by atoms with Gasteiger partial charge < -0.3 is 10.6 Å². The Balaban J connectivity index is 1.84. The number of aryl methyl sites for hydroxylation is 1. The van der Waals surface area contributed by atoms with Crippen LogP contribution in [0.2, 0.25) is 10.0 Å². The van der Waals surface area contributed by atoms with Crippen LogP contribution in [0.3, 0.4) is 0 Å². The summed E-state index contributed by atoms with van der Waals surface area (Å²) in [5, 5.41) is 6.64. The molecule has 0 fully saturated rings. The van der Waals surface area contributed by atoms with Crippen LogP contribution in [-0.2, 0) is 11.3 Å². The Bertz CT molecular complexity index is 606. The number of hydrogen-bond acceptors (Lipinski definition) is 2. The zero-order valence-electron chi connectivity index (χ0n) is 11.6. The van der Waals surface area contributed by atoms with Crippen molar-refractivity contribution in [1.29, 1.82) is 0 Å². The molecule has 2 N–H and O–H groups in total. The molecule has 0 aliphatic rings. The molecular weight excluding hydrogens is 307 g/mol. The third-order valence-electron chi connectivity index (χ3n) is 2.96. The molecule has 21 heavy (non-hydrogen) atoms. The highest BCUT2D eigenvalue weighted by molar-refractivity contribution is 6.39. The number of carbonyl (C=O) groups is 1. The van der Waals surface area contributed by atoms with E-state index >= 15 is 0 Å². The number of hydrogen-bond donors (Lipinski definition) is 2. The highest BCUT2D eigenvalue weighted by Crippen LogP contribution is 2.29. The molecule has 0 unspecified atom stereocenters. The minimum absolute atomic E-state index is 0.183. The zero-order chi connectivity index (χ0) is 15.2. The second kappa shape index (κ2) is 7.46. The van der Waals surface area contributed by atoms with Gasteiger partial charge in [0.2, 0.25) is 5.91 Å². The number of para-hydroxylation sites is 1. The summed E-state index contributed by atoms with van der Waals surface area (Å²) in [5.74, 6) is -0.183. The average Bonchev–Trinajstić information content (AvgIpc) is 2.45. The fourth-order valence-electron chi connectivity index (χ4n) is 1.83. The van der Waals surface area contributed by atoms with E-state index < -0.39 is 0 Å². The lowest BCUT2D eigenvalue weighted by Gasteiger charge is -2.10. The number of amides is 1. The van der Waals surface area contributed by atoms with Crippen molar-refractivity contribution in [1.82, 2.24) is 5.32 Å². The maximum atomic E-state index is 11.9. The predicted molar refractivity (Wildman–Crippen MR) is 88.0 cm³/mol. The summed E-state index contributed by atoms with van der Waals surface area (Å²) in [5.41, 5.74) is 2.79. The average molecular weight is 323 g/mol. The summed E-state index contributed by atoms with van der Waals surface area (Å²) in [4.78, 5) is 11.9. The fraction of sp³-hybridized carbons (Fsp3) is 0.188. The monoisotopic (exact) mass is 322 g/mol. The molecule has 0 heterocycles. The van der Waals surface area contributed by atoms with Gasteiger partial charge in [-0.15, -0.1) is 0 Å². The summed E-state index contributed by atoms with van der Waals surface area (Å²) in [6.07, 6.45) is 0. The lowest BCUT2D eigenvalue weighted by atomic mass is 10.1. The largest absolute Gasteiger partial charge is 0.322 e. The first-order chi connectivity index (χ1) is 10.1. The van der Waals surface area contributed by atoms with Gasteiger partial charge in [-0.05, 0) is 24.6 Å². The molecule has 2 rings (SSSR count). The van der Waals surface area contributed by atoms with Crippen LogP contribution >= 0.6 is 23.2 Å². The highest BCUT2D eigenvalue weighted by atomic mass is 35.5. The maximum Gasteiger partial charge on any atom is 0.238 e. The maximum absolute atomic E-state index is 11.9. The van der Waals surface area contributed by atoms with Crippen LogP contribution in [0.1, 0.15) is 11.1 Å². The minimum Gasteiger partial charge on any atom is -0.322 e. The fourth-order valence-corrected chi connectivity index (χ4v) is 2.32. The molecule has 0 radical (unpaired) electrons. The second-order valence-corrected chi connectivity index (χ2v) is 5.55. The van der Waals surface area contributed by atoms with E-state index in [0.717, 1.165) is 5.56 Å². The van der Waals surface area contributed by atoms with Crippen molar-refractivity contribution in [2.75, 3.05) is 11.9 Å². The molecule has 110 valence electrons. The molecule has 0 aliphatic carbocycles. The van der Waals surface area contributed by atoms with E-state index in [1.54, 1.807) is 18.2 Å². The van der Waals surface area contributed by atoms with Crippen molar-refractivity contribution in [2.24, 2.45) is 0 Å². The van der Waals surface area contributed by atoms with E-state index in [2.05, 4.69) is 10.6 Å². The SMILES string of the molecule is Cc1ccc(CNCC(=O)Nc2c(Cl)cccc2Cl)cc1. The first kappa shape index (κ1) is 15.8. The summed E-state index contributed by atoms with van der Waals surface area (Å²) in [6.45, 7) is 2.86. The minimum atomic E-state index is -0.183. The van der Waals surface area contributed by atoms with E-state index in [0.29, 0.717) is 22.3 Å². The van der Waals surface area contributed by atoms with E-state index in [4.69, 9.17) is 23.2 Å². The third kappa shape index (κ3) is 4.74. The van der Waals surface area contributed by atoms with Gasteiger partial charge in [-0.3, -0.25) is 4.79 Å². The van der Waals surface area contributed by atoms with Crippen LogP contribution in [0.4, 0.5) is 5.69 Å². The third-order valence-corrected chi connectivity index (χ3v) is 3.59. The quantitative estimate of drug-likeness (QED) is 0.872. The summed E-state index contributed by atoms with van der Waals surface area (Å²) < 4.78 is 0. The van der Waals surface area contributed by atoms with Crippen LogP contribution < -0.4 is 10.6 Å². The van der Waals surface area contributed by atoms with Gasteiger partial charge in [-0.1, -0.05) is 59.1 Å². The number of nitrogens with one attached hydrogen (secondary N) is 2. The number of rotatable bonds is 5. The van der Waals surface area contributed by atoms with Crippen LogP contribution in [0.15, 0.2) is 42.5 Å². The molecule has 1 amide bonds. The molecule has 0 spiro atoms. The first-order valence-electron chi connectivity index (χ1n) is 6.56. The van der Waals surface area contributed by atoms with Crippen LogP contribution in [0, 0.1) is 6.92 Å². The van der Waals surface area contributed by atoms with Crippen molar-refractivity contribution >= 4 is 34.8 Å². The first-order valence-corrected chi connectivity index (χ1v) is 7.32. The Hall–Kier alpha value is -1.55. The molecule has 0 aromatic heterocycles.